The molecule has 2 nitrogen and oxygen atoms in total. The molecule has 0 aromatic carbocycles. The second-order valence-electron chi connectivity index (χ2n) is 1.99. The monoisotopic (exact) mass is 147 g/mol. The number of nitrogens with two attached hydrogens (primary N) is 1. The average molecular weight is 147 g/mol. The van der Waals surface area contributed by atoms with Crippen LogP contribution in [0.1, 0.15) is 25.7 Å². The lowest BCUT2D eigenvalue weighted by atomic mass is 10.2. The Balaban J connectivity index is 2.83. The molecule has 54 valence electrons. The van der Waals surface area contributed by atoms with Gasteiger partial charge in [0.25, 0.3) is 0 Å². The van der Waals surface area contributed by atoms with Crippen molar-refractivity contribution >= 4 is 17.7 Å². The number of unbranched alkanes of at least 4 members (excludes halogenated alkanes) is 2. The Labute approximate surface area is 61.2 Å². The van der Waals surface area contributed by atoms with E-state index in [-0.39, 0.29) is 5.12 Å². The Morgan fingerprint density at radius 1 is 1.33 bits per heavy atom. The lowest BCUT2D eigenvalue weighted by molar-refractivity contribution is -0.110. The summed E-state index contributed by atoms with van der Waals surface area (Å²) in [4.78, 5) is 10.2. The maximum atomic E-state index is 10.2. The molecular formula is C6H13NOS. The molecule has 0 aromatic heterocycles. The number of hydrogen-bond acceptors (Lipinski definition) is 2. The van der Waals surface area contributed by atoms with Crippen LogP contribution in [0.2, 0.25) is 0 Å². The summed E-state index contributed by atoms with van der Waals surface area (Å²) < 4.78 is 0. The van der Waals surface area contributed by atoms with Gasteiger partial charge in [0.05, 0.1) is 0 Å². The lowest BCUT2D eigenvalue weighted by Gasteiger charge is -1.93. The van der Waals surface area contributed by atoms with Crippen molar-refractivity contribution in [3.8, 4) is 0 Å². The van der Waals surface area contributed by atoms with Gasteiger partial charge in [-0.1, -0.05) is 6.42 Å². The average Bonchev–Trinajstić information content (AvgIpc) is 1.80. The minimum Gasteiger partial charge on any atom is -0.330 e. The SMILES string of the molecule is NCCCCCC(=O)S. The minimum absolute atomic E-state index is 0.0213. The third kappa shape index (κ3) is 7.98. The molecule has 0 saturated heterocycles. The van der Waals surface area contributed by atoms with Gasteiger partial charge in [0.2, 0.25) is 0 Å². The van der Waals surface area contributed by atoms with Gasteiger partial charge in [-0.05, 0) is 19.4 Å². The smallest absolute Gasteiger partial charge is 0.185 e. The first-order valence-electron chi connectivity index (χ1n) is 3.19. The fourth-order valence-electron chi connectivity index (χ4n) is 0.597. The van der Waals surface area contributed by atoms with Crippen LogP contribution in [0, 0.1) is 0 Å². The molecule has 0 aliphatic heterocycles. The Hall–Kier alpha value is -0.0200. The molecule has 0 unspecified atom stereocenters. The summed E-state index contributed by atoms with van der Waals surface area (Å²) in [6.07, 6.45) is 3.58. The van der Waals surface area contributed by atoms with Crippen molar-refractivity contribution < 1.29 is 4.79 Å². The molecule has 0 spiro atoms. The van der Waals surface area contributed by atoms with E-state index in [1.807, 2.05) is 0 Å². The molecule has 0 aliphatic rings. The van der Waals surface area contributed by atoms with Crippen LogP contribution in [0.3, 0.4) is 0 Å². The molecule has 3 heteroatoms. The van der Waals surface area contributed by atoms with Crippen LogP contribution in [0.4, 0.5) is 0 Å². The molecule has 0 saturated carbocycles. The summed E-state index contributed by atoms with van der Waals surface area (Å²) in [5.41, 5.74) is 5.24. The fourth-order valence-corrected chi connectivity index (χ4v) is 0.755. The third-order valence-electron chi connectivity index (χ3n) is 1.09. The van der Waals surface area contributed by atoms with Crippen molar-refractivity contribution in [3.05, 3.63) is 0 Å². The Morgan fingerprint density at radius 2 is 2.00 bits per heavy atom. The van der Waals surface area contributed by atoms with Crippen LogP contribution in [0.15, 0.2) is 0 Å². The summed E-state index contributed by atoms with van der Waals surface area (Å²) in [6, 6.07) is 0. The van der Waals surface area contributed by atoms with Crippen molar-refractivity contribution in [2.75, 3.05) is 6.54 Å². The van der Waals surface area contributed by atoms with Crippen LogP contribution in [0.25, 0.3) is 0 Å². The van der Waals surface area contributed by atoms with Gasteiger partial charge in [0.15, 0.2) is 5.12 Å². The predicted octanol–water partition coefficient (Wildman–Crippen LogP) is 0.962. The largest absolute Gasteiger partial charge is 0.330 e. The van der Waals surface area contributed by atoms with E-state index in [0.29, 0.717) is 6.42 Å². The van der Waals surface area contributed by atoms with Gasteiger partial charge in [0.1, 0.15) is 0 Å². The van der Waals surface area contributed by atoms with E-state index in [1.165, 1.54) is 0 Å². The van der Waals surface area contributed by atoms with Crippen molar-refractivity contribution in [2.45, 2.75) is 25.7 Å². The van der Waals surface area contributed by atoms with Gasteiger partial charge in [-0.3, -0.25) is 4.79 Å². The van der Waals surface area contributed by atoms with Gasteiger partial charge in [0, 0.05) is 6.42 Å². The quantitative estimate of drug-likeness (QED) is 0.449. The second-order valence-corrected chi connectivity index (χ2v) is 2.49. The zero-order valence-corrected chi connectivity index (χ0v) is 6.36. The summed E-state index contributed by atoms with van der Waals surface area (Å²) in [6.45, 7) is 0.723. The lowest BCUT2D eigenvalue weighted by Crippen LogP contribution is -1.98. The first kappa shape index (κ1) is 8.98. The summed E-state index contributed by atoms with van der Waals surface area (Å²) in [5.74, 6) is 0. The number of thiol groups is 1. The second kappa shape index (κ2) is 6.11. The normalized spacial score (nSPS) is 9.56. The molecule has 9 heavy (non-hydrogen) atoms. The van der Waals surface area contributed by atoms with Crippen LogP contribution < -0.4 is 5.73 Å². The molecule has 0 atom stereocenters. The summed E-state index contributed by atoms with van der Waals surface area (Å²) in [7, 11) is 0. The first-order chi connectivity index (χ1) is 4.27. The van der Waals surface area contributed by atoms with E-state index in [0.717, 1.165) is 25.8 Å². The molecule has 0 amide bonds. The molecular weight excluding hydrogens is 134 g/mol. The molecule has 0 bridgehead atoms. The predicted molar refractivity (Wildman–Crippen MR) is 41.5 cm³/mol. The number of rotatable bonds is 5. The van der Waals surface area contributed by atoms with Crippen molar-refractivity contribution in [3.63, 3.8) is 0 Å². The zero-order chi connectivity index (χ0) is 7.11. The Morgan fingerprint density at radius 3 is 2.44 bits per heavy atom. The van der Waals surface area contributed by atoms with E-state index in [9.17, 15) is 4.79 Å². The number of hydrogen-bond donors (Lipinski definition) is 2. The van der Waals surface area contributed by atoms with Crippen molar-refractivity contribution in [1.82, 2.24) is 0 Å². The maximum Gasteiger partial charge on any atom is 0.185 e. The molecule has 0 aliphatic carbocycles. The van der Waals surface area contributed by atoms with Crippen molar-refractivity contribution in [2.24, 2.45) is 5.73 Å². The van der Waals surface area contributed by atoms with Gasteiger partial charge in [-0.25, -0.2) is 0 Å². The first-order valence-corrected chi connectivity index (χ1v) is 3.64. The fraction of sp³-hybridized carbons (Fsp3) is 0.833. The van der Waals surface area contributed by atoms with Crippen LogP contribution in [-0.2, 0) is 4.79 Å². The van der Waals surface area contributed by atoms with Crippen molar-refractivity contribution in [1.29, 1.82) is 0 Å². The summed E-state index contributed by atoms with van der Waals surface area (Å²) >= 11 is 3.63. The van der Waals surface area contributed by atoms with Gasteiger partial charge in [-0.2, -0.15) is 0 Å². The van der Waals surface area contributed by atoms with E-state index in [1.54, 1.807) is 0 Å². The van der Waals surface area contributed by atoms with E-state index >= 15 is 0 Å². The molecule has 0 fully saturated rings. The van der Waals surface area contributed by atoms with Gasteiger partial charge < -0.3 is 5.73 Å². The molecule has 0 radical (unpaired) electrons. The highest BCUT2D eigenvalue weighted by Crippen LogP contribution is 2.00. The highest BCUT2D eigenvalue weighted by atomic mass is 32.1. The number of carbonyl (C=O) groups excluding carboxylic acids is 1. The molecule has 2 N–H and O–H groups in total. The molecule has 0 heterocycles. The maximum absolute atomic E-state index is 10.2. The van der Waals surface area contributed by atoms with Crippen LogP contribution in [0.5, 0.6) is 0 Å². The molecule has 0 aromatic rings. The summed E-state index contributed by atoms with van der Waals surface area (Å²) in [5, 5.41) is -0.0213. The highest BCUT2D eigenvalue weighted by Gasteiger charge is 1.92. The third-order valence-corrected chi connectivity index (χ3v) is 1.32. The van der Waals surface area contributed by atoms with E-state index in [4.69, 9.17) is 5.73 Å². The van der Waals surface area contributed by atoms with Crippen LogP contribution in [-0.4, -0.2) is 11.7 Å². The van der Waals surface area contributed by atoms with Gasteiger partial charge >= 0.3 is 0 Å². The van der Waals surface area contributed by atoms with E-state index < -0.39 is 0 Å². The topological polar surface area (TPSA) is 43.1 Å². The molecule has 0 rings (SSSR count). The Kier molecular flexibility index (Phi) is 6.09. The standard InChI is InChI=1S/C6H13NOS/c7-5-3-1-2-4-6(8)9/h1-5,7H2,(H,8,9). The zero-order valence-electron chi connectivity index (χ0n) is 5.47. The highest BCUT2D eigenvalue weighted by molar-refractivity contribution is 7.96. The van der Waals surface area contributed by atoms with Gasteiger partial charge in [-0.15, -0.1) is 12.6 Å². The number of carbonyl (C=O) groups is 1. The van der Waals surface area contributed by atoms with E-state index in [2.05, 4.69) is 12.6 Å². The van der Waals surface area contributed by atoms with Crippen LogP contribution >= 0.6 is 12.6 Å². The Bertz CT molecular complexity index is 85.1. The minimum atomic E-state index is -0.0213.